The minimum absolute atomic E-state index is 0.0737. The minimum atomic E-state index is -4.04. The summed E-state index contributed by atoms with van der Waals surface area (Å²) < 4.78 is 26.0. The third-order valence-electron chi connectivity index (χ3n) is 3.24. The number of H-pyrrole nitrogens is 1. The summed E-state index contributed by atoms with van der Waals surface area (Å²) in [6.07, 6.45) is 0. The Morgan fingerprint density at radius 2 is 1.79 bits per heavy atom. The second-order valence-electron chi connectivity index (χ2n) is 5.17. The molecule has 2 aromatic carbocycles. The molecule has 11 nitrogen and oxygen atoms in total. The molecule has 0 fully saturated rings. The highest BCUT2D eigenvalue weighted by atomic mass is 32.2. The SMILES string of the molecule is O=C(Nc1nc(Sc2ccccc2[N+](=O)[O-])n[nH]1)NS(=O)(=O)c1ccccc1. The average molecular weight is 420 g/mol. The van der Waals surface area contributed by atoms with Crippen molar-refractivity contribution in [2.45, 2.75) is 14.9 Å². The van der Waals surface area contributed by atoms with E-state index in [2.05, 4.69) is 20.5 Å². The zero-order valence-electron chi connectivity index (χ0n) is 13.9. The first-order valence-corrected chi connectivity index (χ1v) is 9.87. The molecule has 144 valence electrons. The van der Waals surface area contributed by atoms with Gasteiger partial charge in [0, 0.05) is 6.07 Å². The largest absolute Gasteiger partial charge is 0.335 e. The maximum atomic E-state index is 12.1. The number of hydrogen-bond acceptors (Lipinski definition) is 8. The summed E-state index contributed by atoms with van der Waals surface area (Å²) in [5.41, 5.74) is -0.112. The van der Waals surface area contributed by atoms with Gasteiger partial charge in [-0.05, 0) is 30.0 Å². The van der Waals surface area contributed by atoms with Gasteiger partial charge in [-0.25, -0.2) is 23.0 Å². The Balaban J connectivity index is 1.67. The van der Waals surface area contributed by atoms with Gasteiger partial charge in [-0.1, -0.05) is 30.3 Å². The third kappa shape index (κ3) is 4.63. The molecule has 0 spiro atoms. The van der Waals surface area contributed by atoms with Gasteiger partial charge in [0.1, 0.15) is 0 Å². The van der Waals surface area contributed by atoms with Crippen LogP contribution in [0.3, 0.4) is 0 Å². The van der Waals surface area contributed by atoms with E-state index in [0.717, 1.165) is 11.8 Å². The number of nitro benzene ring substituents is 1. The molecule has 0 saturated heterocycles. The molecule has 0 saturated carbocycles. The number of hydrogen-bond donors (Lipinski definition) is 3. The van der Waals surface area contributed by atoms with Crippen LogP contribution in [0, 0.1) is 10.1 Å². The van der Waals surface area contributed by atoms with E-state index in [4.69, 9.17) is 0 Å². The number of aromatic nitrogens is 3. The summed E-state index contributed by atoms with van der Waals surface area (Å²) in [6, 6.07) is 12.4. The number of sulfonamides is 1. The Hall–Kier alpha value is -3.45. The first-order valence-electron chi connectivity index (χ1n) is 7.58. The van der Waals surface area contributed by atoms with Crippen LogP contribution < -0.4 is 10.0 Å². The second kappa shape index (κ2) is 8.06. The molecule has 0 unspecified atom stereocenters. The lowest BCUT2D eigenvalue weighted by Gasteiger charge is -2.06. The van der Waals surface area contributed by atoms with E-state index >= 15 is 0 Å². The van der Waals surface area contributed by atoms with Gasteiger partial charge in [0.05, 0.1) is 14.7 Å². The van der Waals surface area contributed by atoms with Crippen molar-refractivity contribution in [3.05, 3.63) is 64.7 Å². The molecular weight excluding hydrogens is 408 g/mol. The molecule has 1 aromatic heterocycles. The van der Waals surface area contributed by atoms with Crippen LogP contribution in [0.5, 0.6) is 0 Å². The predicted molar refractivity (Wildman–Crippen MR) is 99.4 cm³/mol. The van der Waals surface area contributed by atoms with Crippen LogP contribution in [-0.2, 0) is 10.0 Å². The third-order valence-corrected chi connectivity index (χ3v) is 5.52. The normalized spacial score (nSPS) is 11.0. The highest BCUT2D eigenvalue weighted by Gasteiger charge is 2.19. The van der Waals surface area contributed by atoms with Gasteiger partial charge in [-0.15, -0.1) is 5.10 Å². The molecular formula is C15H12N6O5S2. The van der Waals surface area contributed by atoms with Crippen molar-refractivity contribution in [1.29, 1.82) is 0 Å². The molecule has 0 bridgehead atoms. The first kappa shape index (κ1) is 19.3. The van der Waals surface area contributed by atoms with Gasteiger partial charge in [-0.2, -0.15) is 4.98 Å². The molecule has 3 N–H and O–H groups in total. The van der Waals surface area contributed by atoms with E-state index in [-0.39, 0.29) is 21.7 Å². The van der Waals surface area contributed by atoms with Crippen molar-refractivity contribution >= 4 is 39.5 Å². The fraction of sp³-hybridized carbons (Fsp3) is 0. The number of carbonyl (C=O) groups excluding carboxylic acids is 1. The monoisotopic (exact) mass is 420 g/mol. The number of benzene rings is 2. The summed E-state index contributed by atoms with van der Waals surface area (Å²) in [5, 5.41) is 19.6. The van der Waals surface area contributed by atoms with Crippen LogP contribution in [0.4, 0.5) is 16.4 Å². The Morgan fingerprint density at radius 3 is 2.50 bits per heavy atom. The van der Waals surface area contributed by atoms with E-state index in [0.29, 0.717) is 4.90 Å². The lowest BCUT2D eigenvalue weighted by atomic mass is 10.3. The van der Waals surface area contributed by atoms with Gasteiger partial charge in [-0.3, -0.25) is 15.4 Å². The van der Waals surface area contributed by atoms with Crippen molar-refractivity contribution < 1.29 is 18.1 Å². The van der Waals surface area contributed by atoms with Crippen molar-refractivity contribution in [2.75, 3.05) is 5.32 Å². The highest BCUT2D eigenvalue weighted by molar-refractivity contribution is 7.99. The van der Waals surface area contributed by atoms with Crippen LogP contribution in [0.2, 0.25) is 0 Å². The van der Waals surface area contributed by atoms with Crippen molar-refractivity contribution in [3.8, 4) is 0 Å². The average Bonchev–Trinajstić information content (AvgIpc) is 3.09. The lowest BCUT2D eigenvalue weighted by Crippen LogP contribution is -2.34. The summed E-state index contributed by atoms with van der Waals surface area (Å²) >= 11 is 0.915. The maximum Gasteiger partial charge on any atom is 0.335 e. The molecule has 0 aliphatic carbocycles. The van der Waals surface area contributed by atoms with Crippen LogP contribution in [0.15, 0.2) is 69.5 Å². The summed E-state index contributed by atoms with van der Waals surface area (Å²) in [6.45, 7) is 0. The molecule has 28 heavy (non-hydrogen) atoms. The van der Waals surface area contributed by atoms with Crippen LogP contribution >= 0.6 is 11.8 Å². The van der Waals surface area contributed by atoms with E-state index < -0.39 is 21.0 Å². The number of urea groups is 1. The summed E-state index contributed by atoms with van der Waals surface area (Å²) in [5.74, 6) is -0.123. The lowest BCUT2D eigenvalue weighted by molar-refractivity contribution is -0.387. The number of nitrogens with zero attached hydrogens (tertiary/aromatic N) is 3. The Labute approximate surface area is 162 Å². The Morgan fingerprint density at radius 1 is 1.11 bits per heavy atom. The fourth-order valence-corrected chi connectivity index (χ4v) is 3.80. The molecule has 0 aliphatic rings. The smallest absolute Gasteiger partial charge is 0.276 e. The van der Waals surface area contributed by atoms with Gasteiger partial charge in [0.15, 0.2) is 0 Å². The molecule has 0 radical (unpaired) electrons. The number of carbonyl (C=O) groups is 1. The van der Waals surface area contributed by atoms with Crippen LogP contribution in [0.25, 0.3) is 0 Å². The predicted octanol–water partition coefficient (Wildman–Crippen LogP) is 2.37. The number of amides is 2. The van der Waals surface area contributed by atoms with Gasteiger partial charge in [0.2, 0.25) is 11.1 Å². The van der Waals surface area contributed by atoms with E-state index in [9.17, 15) is 23.3 Å². The Kier molecular flexibility index (Phi) is 5.56. The number of rotatable bonds is 6. The number of anilines is 1. The number of nitrogens with one attached hydrogen (secondary N) is 3. The fourth-order valence-electron chi connectivity index (χ4n) is 2.05. The second-order valence-corrected chi connectivity index (χ2v) is 7.86. The van der Waals surface area contributed by atoms with Crippen LogP contribution in [-0.4, -0.2) is 34.6 Å². The summed E-state index contributed by atoms with van der Waals surface area (Å²) in [7, 11) is -4.04. The van der Waals surface area contributed by atoms with Gasteiger partial charge in [0.25, 0.3) is 15.7 Å². The van der Waals surface area contributed by atoms with Crippen molar-refractivity contribution in [1.82, 2.24) is 19.9 Å². The Bertz CT molecular complexity index is 1120. The number of aromatic amines is 1. The standard InChI is InChI=1S/C15H12N6O5S2/c22-14(20-28(25,26)10-6-2-1-3-7-10)16-13-17-15(19-18-13)27-12-9-5-4-8-11(12)21(23)24/h1-9H,(H3,16,17,18,19,20,22). The molecule has 0 aliphatic heterocycles. The molecule has 13 heteroatoms. The van der Waals surface area contributed by atoms with E-state index in [1.165, 1.54) is 42.5 Å². The molecule has 2 amide bonds. The quantitative estimate of drug-likeness (QED) is 0.405. The minimum Gasteiger partial charge on any atom is -0.276 e. The van der Waals surface area contributed by atoms with E-state index in [1.54, 1.807) is 12.1 Å². The highest BCUT2D eigenvalue weighted by Crippen LogP contribution is 2.32. The maximum absolute atomic E-state index is 12.1. The van der Waals surface area contributed by atoms with Crippen molar-refractivity contribution in [3.63, 3.8) is 0 Å². The first-order chi connectivity index (χ1) is 13.3. The van der Waals surface area contributed by atoms with E-state index in [1.807, 2.05) is 4.72 Å². The summed E-state index contributed by atoms with van der Waals surface area (Å²) in [4.78, 5) is 26.6. The molecule has 0 atom stereocenters. The molecule has 3 rings (SSSR count). The van der Waals surface area contributed by atoms with Crippen LogP contribution in [0.1, 0.15) is 0 Å². The number of para-hydroxylation sites is 1. The number of nitro groups is 1. The van der Waals surface area contributed by atoms with Crippen molar-refractivity contribution in [2.24, 2.45) is 0 Å². The zero-order chi connectivity index (χ0) is 20.1. The van der Waals surface area contributed by atoms with Gasteiger partial charge >= 0.3 is 6.03 Å². The molecule has 3 aromatic rings. The van der Waals surface area contributed by atoms with Gasteiger partial charge < -0.3 is 0 Å². The zero-order valence-corrected chi connectivity index (χ0v) is 15.5. The molecule has 1 heterocycles. The topological polar surface area (TPSA) is 160 Å².